The topological polar surface area (TPSA) is 90.7 Å². The molecule has 1 amide bonds. The van der Waals surface area contributed by atoms with Gasteiger partial charge in [0, 0.05) is 25.3 Å². The standard InChI is InChI=1S/C22H23N3O4S/c23-15-17-5-7-19(8-6-17)29-16-22(26)25-13-3-4-18-14-20(9-10-21(18)25)30(27,28)24-11-1-2-12-24/h5-10,14H,1-4,11-13,16H2. The lowest BCUT2D eigenvalue weighted by atomic mass is 10.0. The number of hydrogen-bond acceptors (Lipinski definition) is 5. The molecule has 0 aromatic heterocycles. The Bertz CT molecular complexity index is 1080. The zero-order valence-electron chi connectivity index (χ0n) is 16.6. The normalized spacial score (nSPS) is 16.7. The Morgan fingerprint density at radius 1 is 1.03 bits per heavy atom. The van der Waals surface area contributed by atoms with E-state index in [0.717, 1.165) is 36.9 Å². The molecule has 1 fully saturated rings. The molecular weight excluding hydrogens is 402 g/mol. The molecule has 2 aliphatic rings. The molecule has 30 heavy (non-hydrogen) atoms. The monoisotopic (exact) mass is 425 g/mol. The highest BCUT2D eigenvalue weighted by Gasteiger charge is 2.29. The molecule has 0 spiro atoms. The second kappa shape index (κ2) is 8.46. The number of hydrogen-bond donors (Lipinski definition) is 0. The van der Waals surface area contributed by atoms with Gasteiger partial charge in [-0.3, -0.25) is 4.79 Å². The van der Waals surface area contributed by atoms with E-state index in [9.17, 15) is 13.2 Å². The largest absolute Gasteiger partial charge is 0.484 e. The molecule has 156 valence electrons. The van der Waals surface area contributed by atoms with E-state index in [2.05, 4.69) is 0 Å². The highest BCUT2D eigenvalue weighted by Crippen LogP contribution is 2.31. The molecule has 2 aromatic rings. The number of anilines is 1. The van der Waals surface area contributed by atoms with Crippen molar-refractivity contribution in [3.63, 3.8) is 0 Å². The third-order valence-corrected chi connectivity index (χ3v) is 7.41. The minimum atomic E-state index is -3.48. The van der Waals surface area contributed by atoms with Crippen molar-refractivity contribution in [3.8, 4) is 11.8 Å². The Labute approximate surface area is 176 Å². The summed E-state index contributed by atoms with van der Waals surface area (Å²) in [5.74, 6) is 0.335. The SMILES string of the molecule is N#Cc1ccc(OCC(=O)N2CCCc3cc(S(=O)(=O)N4CCCC4)ccc32)cc1. The van der Waals surface area contributed by atoms with Crippen molar-refractivity contribution in [1.29, 1.82) is 5.26 Å². The summed E-state index contributed by atoms with van der Waals surface area (Å²) in [7, 11) is -3.48. The number of rotatable bonds is 5. The predicted octanol–water partition coefficient (Wildman–Crippen LogP) is 2.70. The summed E-state index contributed by atoms with van der Waals surface area (Å²) >= 11 is 0. The molecule has 0 unspecified atom stereocenters. The molecule has 0 atom stereocenters. The summed E-state index contributed by atoms with van der Waals surface area (Å²) in [5, 5.41) is 8.85. The number of fused-ring (bicyclic) bond motifs is 1. The van der Waals surface area contributed by atoms with Crippen LogP contribution in [0.4, 0.5) is 5.69 Å². The molecule has 2 heterocycles. The van der Waals surface area contributed by atoms with Gasteiger partial charge in [-0.25, -0.2) is 8.42 Å². The van der Waals surface area contributed by atoms with Crippen LogP contribution in [0.5, 0.6) is 5.75 Å². The van der Waals surface area contributed by atoms with Crippen LogP contribution in [0.2, 0.25) is 0 Å². The van der Waals surface area contributed by atoms with Gasteiger partial charge in [-0.2, -0.15) is 9.57 Å². The van der Waals surface area contributed by atoms with E-state index >= 15 is 0 Å². The van der Waals surface area contributed by atoms with Crippen LogP contribution in [0.15, 0.2) is 47.4 Å². The van der Waals surface area contributed by atoms with Crippen molar-refractivity contribution in [3.05, 3.63) is 53.6 Å². The van der Waals surface area contributed by atoms with Crippen molar-refractivity contribution in [2.45, 2.75) is 30.6 Å². The second-order valence-corrected chi connectivity index (χ2v) is 9.41. The third-order valence-electron chi connectivity index (χ3n) is 5.52. The van der Waals surface area contributed by atoms with Crippen LogP contribution in [-0.4, -0.2) is 44.9 Å². The van der Waals surface area contributed by atoms with Gasteiger partial charge in [-0.05, 0) is 73.7 Å². The van der Waals surface area contributed by atoms with Gasteiger partial charge in [0.2, 0.25) is 10.0 Å². The zero-order chi connectivity index (χ0) is 21.1. The van der Waals surface area contributed by atoms with Crippen molar-refractivity contribution in [2.75, 3.05) is 31.1 Å². The molecule has 0 radical (unpaired) electrons. The number of nitrogens with zero attached hydrogens (tertiary/aromatic N) is 3. The fourth-order valence-electron chi connectivity index (χ4n) is 3.92. The maximum Gasteiger partial charge on any atom is 0.264 e. The Kier molecular flexibility index (Phi) is 5.75. The number of ether oxygens (including phenoxy) is 1. The molecule has 7 nitrogen and oxygen atoms in total. The van der Waals surface area contributed by atoms with Crippen molar-refractivity contribution in [1.82, 2.24) is 4.31 Å². The summed E-state index contributed by atoms with van der Waals surface area (Å²) in [6.45, 7) is 1.58. The van der Waals surface area contributed by atoms with E-state index in [0.29, 0.717) is 35.8 Å². The van der Waals surface area contributed by atoms with Gasteiger partial charge in [0.15, 0.2) is 6.61 Å². The summed E-state index contributed by atoms with van der Waals surface area (Å²) in [6, 6.07) is 13.7. The molecule has 4 rings (SSSR count). The number of aryl methyl sites for hydroxylation is 1. The Hall–Kier alpha value is -2.89. The first kappa shape index (κ1) is 20.4. The molecule has 0 bridgehead atoms. The van der Waals surface area contributed by atoms with Crippen LogP contribution in [0, 0.1) is 11.3 Å². The predicted molar refractivity (Wildman–Crippen MR) is 112 cm³/mol. The van der Waals surface area contributed by atoms with Crippen LogP contribution in [0.25, 0.3) is 0 Å². The zero-order valence-corrected chi connectivity index (χ0v) is 17.4. The molecule has 1 saturated heterocycles. The molecule has 0 saturated carbocycles. The maximum absolute atomic E-state index is 12.8. The van der Waals surface area contributed by atoms with E-state index in [1.807, 2.05) is 6.07 Å². The highest BCUT2D eigenvalue weighted by molar-refractivity contribution is 7.89. The molecule has 2 aromatic carbocycles. The lowest BCUT2D eigenvalue weighted by molar-refractivity contribution is -0.120. The third kappa shape index (κ3) is 4.04. The molecule has 0 aliphatic carbocycles. The van der Waals surface area contributed by atoms with Gasteiger partial charge < -0.3 is 9.64 Å². The average Bonchev–Trinajstić information content (AvgIpc) is 3.33. The Morgan fingerprint density at radius 3 is 2.47 bits per heavy atom. The molecular formula is C22H23N3O4S. The van der Waals surface area contributed by atoms with E-state index in [4.69, 9.17) is 10.00 Å². The number of amides is 1. The second-order valence-electron chi connectivity index (χ2n) is 7.48. The molecule has 2 aliphatic heterocycles. The summed E-state index contributed by atoms with van der Waals surface area (Å²) in [5.41, 5.74) is 2.14. The van der Waals surface area contributed by atoms with Crippen LogP contribution in [0.3, 0.4) is 0 Å². The first-order chi connectivity index (χ1) is 14.5. The van der Waals surface area contributed by atoms with Gasteiger partial charge in [-0.1, -0.05) is 0 Å². The fraction of sp³-hybridized carbons (Fsp3) is 0.364. The first-order valence-corrected chi connectivity index (χ1v) is 11.5. The van der Waals surface area contributed by atoms with Crippen molar-refractivity contribution in [2.24, 2.45) is 0 Å². The number of nitriles is 1. The molecule has 0 N–H and O–H groups in total. The first-order valence-electron chi connectivity index (χ1n) is 10.1. The summed E-state index contributed by atoms with van der Waals surface area (Å²) in [6.07, 6.45) is 3.29. The molecule has 8 heteroatoms. The van der Waals surface area contributed by atoms with Crippen LogP contribution >= 0.6 is 0 Å². The van der Waals surface area contributed by atoms with Crippen molar-refractivity contribution >= 4 is 21.6 Å². The fourth-order valence-corrected chi connectivity index (χ4v) is 5.49. The smallest absolute Gasteiger partial charge is 0.264 e. The number of carbonyl (C=O) groups excluding carboxylic acids is 1. The highest BCUT2D eigenvalue weighted by atomic mass is 32.2. The summed E-state index contributed by atoms with van der Waals surface area (Å²) < 4.78 is 32.8. The van der Waals surface area contributed by atoms with Gasteiger partial charge >= 0.3 is 0 Å². The van der Waals surface area contributed by atoms with Crippen molar-refractivity contribution < 1.29 is 17.9 Å². The van der Waals surface area contributed by atoms with Gasteiger partial charge in [0.1, 0.15) is 5.75 Å². The number of carbonyl (C=O) groups is 1. The summed E-state index contributed by atoms with van der Waals surface area (Å²) in [4.78, 5) is 14.7. The Morgan fingerprint density at radius 2 is 1.77 bits per heavy atom. The number of benzene rings is 2. The van der Waals surface area contributed by atoms with E-state index in [1.165, 1.54) is 4.31 Å². The van der Waals surface area contributed by atoms with Crippen LogP contribution in [-0.2, 0) is 21.2 Å². The van der Waals surface area contributed by atoms with Gasteiger partial charge in [0.05, 0.1) is 16.5 Å². The van der Waals surface area contributed by atoms with E-state index < -0.39 is 10.0 Å². The van der Waals surface area contributed by atoms with E-state index in [1.54, 1.807) is 47.4 Å². The lowest BCUT2D eigenvalue weighted by Crippen LogP contribution is -2.38. The van der Waals surface area contributed by atoms with Crippen LogP contribution < -0.4 is 9.64 Å². The average molecular weight is 426 g/mol. The van der Waals surface area contributed by atoms with Gasteiger partial charge in [-0.15, -0.1) is 0 Å². The minimum Gasteiger partial charge on any atom is -0.484 e. The number of sulfonamides is 1. The van der Waals surface area contributed by atoms with Crippen LogP contribution in [0.1, 0.15) is 30.4 Å². The minimum absolute atomic E-state index is 0.126. The maximum atomic E-state index is 12.8. The lowest BCUT2D eigenvalue weighted by Gasteiger charge is -2.30. The van der Waals surface area contributed by atoms with E-state index in [-0.39, 0.29) is 12.5 Å². The van der Waals surface area contributed by atoms with Gasteiger partial charge in [0.25, 0.3) is 5.91 Å². The quantitative estimate of drug-likeness (QED) is 0.735. The Balaban J connectivity index is 1.49.